The van der Waals surface area contributed by atoms with Crippen LogP contribution in [-0.2, 0) is 30.7 Å². The van der Waals surface area contributed by atoms with Crippen molar-refractivity contribution in [2.45, 2.75) is 71.9 Å². The van der Waals surface area contributed by atoms with Gasteiger partial charge in [0.1, 0.15) is 11.4 Å². The van der Waals surface area contributed by atoms with Crippen molar-refractivity contribution in [2.24, 2.45) is 16.1 Å². The number of hydrogen-bond acceptors (Lipinski definition) is 6. The lowest BCUT2D eigenvalue weighted by Crippen LogP contribution is -2.24. The van der Waals surface area contributed by atoms with Gasteiger partial charge in [-0.15, -0.1) is 21.6 Å². The standard InChI is InChI=1S/C27H31N5O3S/c1-3-4-5-8-13-32-20-10-7-6-9-18(20)24(27(32)35)30-29-22(33)15-31-16-28-25-23(26(31)34)19-12-11-17(2)14-21(19)36-25/h6-7,9-10,16-17,35H,3-5,8,11-15H2,1-2H3/t17-/m0/s1. The fourth-order valence-corrected chi connectivity index (χ4v) is 6.40. The van der Waals surface area contributed by atoms with Crippen LogP contribution in [0.1, 0.15) is 56.4 Å². The SMILES string of the molecule is CCCCCCn1c(O)c(N=NC(=O)Cn2cnc3sc4c(c3c2=O)CC[C@H](C)C4)c2ccccc21. The van der Waals surface area contributed by atoms with Gasteiger partial charge in [-0.3, -0.25) is 14.2 Å². The van der Waals surface area contributed by atoms with Crippen LogP contribution in [0.5, 0.6) is 5.88 Å². The first kappa shape index (κ1) is 24.4. The largest absolute Gasteiger partial charge is 0.493 e. The molecule has 1 aliphatic rings. The molecule has 188 valence electrons. The van der Waals surface area contributed by atoms with Crippen molar-refractivity contribution in [3.05, 3.63) is 51.4 Å². The quantitative estimate of drug-likeness (QED) is 0.230. The second-order valence-electron chi connectivity index (χ2n) is 9.70. The Kier molecular flexibility index (Phi) is 7.00. The first-order valence-corrected chi connectivity index (χ1v) is 13.5. The molecule has 0 bridgehead atoms. The Balaban J connectivity index is 1.38. The van der Waals surface area contributed by atoms with Gasteiger partial charge in [-0.2, -0.15) is 0 Å². The summed E-state index contributed by atoms with van der Waals surface area (Å²) in [5.41, 5.74) is 2.01. The Hall–Kier alpha value is -3.33. The average molecular weight is 506 g/mol. The summed E-state index contributed by atoms with van der Waals surface area (Å²) in [6.45, 7) is 4.81. The predicted octanol–water partition coefficient (Wildman–Crippen LogP) is 6.13. The van der Waals surface area contributed by atoms with Gasteiger partial charge in [-0.05, 0) is 43.2 Å². The third-order valence-electron chi connectivity index (χ3n) is 7.00. The van der Waals surface area contributed by atoms with Gasteiger partial charge in [0.05, 0.1) is 17.2 Å². The van der Waals surface area contributed by atoms with Crippen molar-refractivity contribution >= 4 is 44.1 Å². The molecule has 0 saturated heterocycles. The number of azo groups is 1. The van der Waals surface area contributed by atoms with Gasteiger partial charge in [0, 0.05) is 16.8 Å². The molecule has 1 aliphatic carbocycles. The van der Waals surface area contributed by atoms with Gasteiger partial charge in [0.15, 0.2) is 5.69 Å². The topological polar surface area (TPSA) is 102 Å². The number of unbranched alkanes of at least 4 members (excludes halogenated alkanes) is 3. The van der Waals surface area contributed by atoms with E-state index in [9.17, 15) is 14.7 Å². The molecule has 9 heteroatoms. The number of amides is 1. The van der Waals surface area contributed by atoms with Crippen LogP contribution in [0.25, 0.3) is 21.1 Å². The van der Waals surface area contributed by atoms with Crippen LogP contribution < -0.4 is 5.56 Å². The van der Waals surface area contributed by atoms with Crippen LogP contribution >= 0.6 is 11.3 Å². The maximum atomic E-state index is 13.2. The molecule has 0 radical (unpaired) electrons. The number of benzene rings is 1. The number of aromatic nitrogens is 3. The van der Waals surface area contributed by atoms with Gasteiger partial charge < -0.3 is 9.67 Å². The lowest BCUT2D eigenvalue weighted by atomic mass is 9.89. The van der Waals surface area contributed by atoms with Crippen molar-refractivity contribution < 1.29 is 9.90 Å². The minimum atomic E-state index is -0.574. The van der Waals surface area contributed by atoms with Gasteiger partial charge in [-0.1, -0.05) is 51.3 Å². The fourth-order valence-electron chi connectivity index (χ4n) is 5.06. The number of hydrogen-bond donors (Lipinski definition) is 1. The summed E-state index contributed by atoms with van der Waals surface area (Å²) in [7, 11) is 0. The van der Waals surface area contributed by atoms with Crippen LogP contribution in [0, 0.1) is 5.92 Å². The summed E-state index contributed by atoms with van der Waals surface area (Å²) < 4.78 is 3.14. The molecule has 5 rings (SSSR count). The fraction of sp³-hybridized carbons (Fsp3) is 0.444. The maximum Gasteiger partial charge on any atom is 0.284 e. The monoisotopic (exact) mass is 505 g/mol. The van der Waals surface area contributed by atoms with Crippen molar-refractivity contribution in [3.63, 3.8) is 0 Å². The summed E-state index contributed by atoms with van der Waals surface area (Å²) in [5, 5.41) is 20.2. The van der Waals surface area contributed by atoms with E-state index in [1.807, 2.05) is 28.8 Å². The Morgan fingerprint density at radius 2 is 2.08 bits per heavy atom. The summed E-state index contributed by atoms with van der Waals surface area (Å²) in [4.78, 5) is 32.3. The van der Waals surface area contributed by atoms with Gasteiger partial charge in [0.2, 0.25) is 5.88 Å². The second-order valence-corrected chi connectivity index (χ2v) is 10.8. The molecule has 0 saturated carbocycles. The van der Waals surface area contributed by atoms with Gasteiger partial charge in [-0.25, -0.2) is 4.98 Å². The molecular formula is C27H31N5O3S. The summed E-state index contributed by atoms with van der Waals surface area (Å²) in [6, 6.07) is 7.57. The van der Waals surface area contributed by atoms with Crippen molar-refractivity contribution in [2.75, 3.05) is 0 Å². The summed E-state index contributed by atoms with van der Waals surface area (Å²) in [6.07, 6.45) is 8.62. The molecule has 1 N–H and O–H groups in total. The predicted molar refractivity (Wildman–Crippen MR) is 142 cm³/mol. The molecule has 0 unspecified atom stereocenters. The molecule has 4 aromatic rings. The Labute approximate surface area is 213 Å². The lowest BCUT2D eigenvalue weighted by molar-refractivity contribution is -0.118. The minimum Gasteiger partial charge on any atom is -0.493 e. The van der Waals surface area contributed by atoms with E-state index in [-0.39, 0.29) is 23.7 Å². The zero-order chi connectivity index (χ0) is 25.2. The molecule has 8 nitrogen and oxygen atoms in total. The highest BCUT2D eigenvalue weighted by Crippen LogP contribution is 2.39. The highest BCUT2D eigenvalue weighted by atomic mass is 32.1. The number of para-hydroxylation sites is 1. The van der Waals surface area contributed by atoms with Crippen molar-refractivity contribution in [1.29, 1.82) is 0 Å². The lowest BCUT2D eigenvalue weighted by Gasteiger charge is -2.17. The molecule has 36 heavy (non-hydrogen) atoms. The summed E-state index contributed by atoms with van der Waals surface area (Å²) in [5.74, 6) is 0.0345. The number of aromatic hydroxyl groups is 1. The molecular weight excluding hydrogens is 474 g/mol. The summed E-state index contributed by atoms with van der Waals surface area (Å²) >= 11 is 1.58. The molecule has 0 spiro atoms. The number of thiophene rings is 1. The number of fused-ring (bicyclic) bond motifs is 4. The first-order valence-electron chi connectivity index (χ1n) is 12.7. The first-order chi connectivity index (χ1) is 17.5. The van der Waals surface area contributed by atoms with Gasteiger partial charge >= 0.3 is 0 Å². The number of rotatable bonds is 8. The number of carbonyl (C=O) groups excluding carboxylic acids is 1. The molecule has 0 fully saturated rings. The zero-order valence-corrected chi connectivity index (χ0v) is 21.6. The van der Waals surface area contributed by atoms with E-state index in [0.717, 1.165) is 66.2 Å². The van der Waals surface area contributed by atoms with Crippen LogP contribution in [0.3, 0.4) is 0 Å². The molecule has 3 aromatic heterocycles. The highest BCUT2D eigenvalue weighted by molar-refractivity contribution is 7.18. The van der Waals surface area contributed by atoms with Crippen molar-refractivity contribution in [3.8, 4) is 5.88 Å². The molecule has 0 aliphatic heterocycles. The van der Waals surface area contributed by atoms with E-state index in [1.165, 1.54) is 15.8 Å². The Morgan fingerprint density at radius 1 is 1.25 bits per heavy atom. The normalized spacial score (nSPS) is 15.8. The van der Waals surface area contributed by atoms with Crippen LogP contribution in [0.15, 0.2) is 45.6 Å². The molecule has 1 aromatic carbocycles. The van der Waals surface area contributed by atoms with E-state index in [0.29, 0.717) is 17.8 Å². The molecule has 3 heterocycles. The van der Waals surface area contributed by atoms with E-state index >= 15 is 0 Å². The Bertz CT molecular complexity index is 1510. The number of nitrogens with zero attached hydrogens (tertiary/aromatic N) is 5. The van der Waals surface area contributed by atoms with Crippen molar-refractivity contribution in [1.82, 2.24) is 14.1 Å². The van der Waals surface area contributed by atoms with Gasteiger partial charge in [0.25, 0.3) is 11.5 Å². The van der Waals surface area contributed by atoms with Crippen LogP contribution in [-0.4, -0.2) is 25.1 Å². The average Bonchev–Trinajstić information content (AvgIpc) is 3.37. The zero-order valence-electron chi connectivity index (χ0n) is 20.7. The maximum absolute atomic E-state index is 13.2. The van der Waals surface area contributed by atoms with E-state index in [4.69, 9.17) is 0 Å². The minimum absolute atomic E-state index is 0.00336. The number of carbonyl (C=O) groups is 1. The third kappa shape index (κ3) is 4.59. The van der Waals surface area contributed by atoms with Crippen LogP contribution in [0.2, 0.25) is 0 Å². The van der Waals surface area contributed by atoms with E-state index < -0.39 is 5.91 Å². The second kappa shape index (κ2) is 10.3. The molecule has 1 atom stereocenters. The van der Waals surface area contributed by atoms with E-state index in [2.05, 4.69) is 29.1 Å². The highest BCUT2D eigenvalue weighted by Gasteiger charge is 2.23. The third-order valence-corrected chi connectivity index (χ3v) is 8.16. The Morgan fingerprint density at radius 3 is 2.92 bits per heavy atom. The van der Waals surface area contributed by atoms with Crippen LogP contribution in [0.4, 0.5) is 5.69 Å². The number of aryl methyl sites for hydroxylation is 2. The van der Waals surface area contributed by atoms with E-state index in [1.54, 1.807) is 11.3 Å². The molecule has 1 amide bonds. The smallest absolute Gasteiger partial charge is 0.284 e.